The first-order valence-electron chi connectivity index (χ1n) is 7.34. The zero-order valence-electron chi connectivity index (χ0n) is 12.7. The highest BCUT2D eigenvalue weighted by Gasteiger charge is 2.23. The first kappa shape index (κ1) is 14.7. The molecule has 0 unspecified atom stereocenters. The fraction of sp³-hybridized carbons (Fsp3) is 0.571. The molecule has 1 N–H and O–H groups in total. The molecule has 118 valence electrons. The lowest BCUT2D eigenvalue weighted by Crippen LogP contribution is -2.43. The summed E-state index contributed by atoms with van der Waals surface area (Å²) >= 11 is 0. The van der Waals surface area contributed by atoms with Gasteiger partial charge in [0, 0.05) is 13.7 Å². The highest BCUT2D eigenvalue weighted by atomic mass is 16.5. The first-order valence-corrected chi connectivity index (χ1v) is 7.34. The van der Waals surface area contributed by atoms with Gasteiger partial charge in [-0.1, -0.05) is 0 Å². The molecule has 1 amide bonds. The molecule has 8 heteroatoms. The summed E-state index contributed by atoms with van der Waals surface area (Å²) in [6, 6.07) is -0.0687. The molecule has 2 atom stereocenters. The molecule has 1 aliphatic heterocycles. The van der Waals surface area contributed by atoms with Crippen molar-refractivity contribution in [1.82, 2.24) is 24.6 Å². The van der Waals surface area contributed by atoms with Gasteiger partial charge in [0.25, 0.3) is 5.56 Å². The van der Waals surface area contributed by atoms with Crippen LogP contribution in [0.3, 0.4) is 0 Å². The van der Waals surface area contributed by atoms with Crippen molar-refractivity contribution in [3.8, 4) is 0 Å². The number of ether oxygens (including phenoxy) is 1. The van der Waals surface area contributed by atoms with E-state index in [2.05, 4.69) is 15.4 Å². The van der Waals surface area contributed by atoms with Crippen molar-refractivity contribution in [3.63, 3.8) is 0 Å². The van der Waals surface area contributed by atoms with Gasteiger partial charge in [0.15, 0.2) is 5.65 Å². The Labute approximate surface area is 127 Å². The van der Waals surface area contributed by atoms with Gasteiger partial charge in [-0.15, -0.1) is 0 Å². The molecular formula is C14H19N5O3. The lowest BCUT2D eigenvalue weighted by Gasteiger charge is -2.20. The number of aryl methyl sites for hydroxylation is 1. The number of aromatic nitrogens is 4. The van der Waals surface area contributed by atoms with E-state index in [1.807, 2.05) is 6.92 Å². The van der Waals surface area contributed by atoms with Crippen LogP contribution in [0.4, 0.5) is 0 Å². The van der Waals surface area contributed by atoms with Gasteiger partial charge >= 0.3 is 0 Å². The highest BCUT2D eigenvalue weighted by Crippen LogP contribution is 2.15. The lowest BCUT2D eigenvalue weighted by molar-refractivity contribution is -0.123. The van der Waals surface area contributed by atoms with Gasteiger partial charge in [-0.05, 0) is 19.8 Å². The number of amides is 1. The second-order valence-electron chi connectivity index (χ2n) is 5.59. The molecule has 0 aromatic carbocycles. The Morgan fingerprint density at radius 1 is 1.59 bits per heavy atom. The molecule has 0 saturated carbocycles. The maximum atomic E-state index is 12.3. The van der Waals surface area contributed by atoms with Crippen molar-refractivity contribution in [3.05, 3.63) is 22.9 Å². The zero-order chi connectivity index (χ0) is 15.7. The molecule has 22 heavy (non-hydrogen) atoms. The number of nitrogens with zero attached hydrogens (tertiary/aromatic N) is 4. The normalized spacial score (nSPS) is 19.5. The van der Waals surface area contributed by atoms with Crippen LogP contribution in [0, 0.1) is 0 Å². The molecular weight excluding hydrogens is 286 g/mol. The lowest BCUT2D eigenvalue weighted by atomic mass is 10.1. The van der Waals surface area contributed by atoms with Crippen LogP contribution in [0.2, 0.25) is 0 Å². The summed E-state index contributed by atoms with van der Waals surface area (Å²) in [4.78, 5) is 28.6. The van der Waals surface area contributed by atoms with Crippen molar-refractivity contribution in [2.75, 3.05) is 6.61 Å². The minimum Gasteiger partial charge on any atom is -0.376 e. The molecule has 0 radical (unpaired) electrons. The van der Waals surface area contributed by atoms with Crippen molar-refractivity contribution in [1.29, 1.82) is 0 Å². The van der Waals surface area contributed by atoms with E-state index in [0.29, 0.717) is 11.0 Å². The number of hydrogen-bond donors (Lipinski definition) is 1. The SMILES string of the molecule is C[C@@H](NC(=O)Cn1cnc2c(cnn2C)c1=O)[C@H]1CCCO1. The van der Waals surface area contributed by atoms with E-state index in [9.17, 15) is 9.59 Å². The third-order valence-electron chi connectivity index (χ3n) is 3.94. The van der Waals surface area contributed by atoms with E-state index in [1.165, 1.54) is 21.8 Å². The topological polar surface area (TPSA) is 91.0 Å². The molecule has 0 spiro atoms. The van der Waals surface area contributed by atoms with Crippen molar-refractivity contribution in [2.45, 2.75) is 38.5 Å². The third-order valence-corrected chi connectivity index (χ3v) is 3.94. The van der Waals surface area contributed by atoms with Crippen LogP contribution in [-0.4, -0.2) is 44.0 Å². The predicted molar refractivity (Wildman–Crippen MR) is 79.3 cm³/mol. The summed E-state index contributed by atoms with van der Waals surface area (Å²) in [5, 5.41) is 7.29. The summed E-state index contributed by atoms with van der Waals surface area (Å²) in [6.45, 7) is 2.60. The summed E-state index contributed by atoms with van der Waals surface area (Å²) in [5.41, 5.74) is 0.243. The van der Waals surface area contributed by atoms with Crippen molar-refractivity contribution < 1.29 is 9.53 Å². The maximum Gasteiger partial charge on any atom is 0.264 e. The average Bonchev–Trinajstić information content (AvgIpc) is 3.12. The Morgan fingerprint density at radius 2 is 2.41 bits per heavy atom. The number of fused-ring (bicyclic) bond motifs is 1. The molecule has 1 saturated heterocycles. The summed E-state index contributed by atoms with van der Waals surface area (Å²) in [6.07, 6.45) is 4.87. The zero-order valence-corrected chi connectivity index (χ0v) is 12.7. The van der Waals surface area contributed by atoms with Gasteiger partial charge in [-0.3, -0.25) is 18.8 Å². The van der Waals surface area contributed by atoms with Gasteiger partial charge in [-0.2, -0.15) is 5.10 Å². The summed E-state index contributed by atoms with van der Waals surface area (Å²) in [7, 11) is 1.72. The van der Waals surface area contributed by atoms with E-state index in [0.717, 1.165) is 19.4 Å². The van der Waals surface area contributed by atoms with Crippen LogP contribution < -0.4 is 10.9 Å². The van der Waals surface area contributed by atoms with E-state index < -0.39 is 0 Å². The Kier molecular flexibility index (Phi) is 3.93. The Hall–Kier alpha value is -2.22. The van der Waals surface area contributed by atoms with Crippen LogP contribution in [-0.2, 0) is 23.1 Å². The molecule has 2 aromatic heterocycles. The summed E-state index contributed by atoms with van der Waals surface area (Å²) in [5.74, 6) is -0.227. The predicted octanol–water partition coefficient (Wildman–Crippen LogP) is -0.186. The van der Waals surface area contributed by atoms with Crippen LogP contribution in [0.1, 0.15) is 19.8 Å². The fourth-order valence-corrected chi connectivity index (χ4v) is 2.72. The standard InChI is InChI=1S/C14H19N5O3/c1-9(11-4-3-5-22-11)17-12(20)7-19-8-15-13-10(14(19)21)6-16-18(13)2/h6,8-9,11H,3-5,7H2,1-2H3,(H,17,20)/t9-,11-/m1/s1. The van der Waals surface area contributed by atoms with Gasteiger partial charge in [0.1, 0.15) is 18.3 Å². The number of carbonyl (C=O) groups is 1. The second-order valence-corrected chi connectivity index (χ2v) is 5.59. The van der Waals surface area contributed by atoms with Crippen LogP contribution in [0.5, 0.6) is 0 Å². The molecule has 0 aliphatic carbocycles. The van der Waals surface area contributed by atoms with Crippen molar-refractivity contribution >= 4 is 16.9 Å². The van der Waals surface area contributed by atoms with Crippen molar-refractivity contribution in [2.24, 2.45) is 7.05 Å². The van der Waals surface area contributed by atoms with E-state index >= 15 is 0 Å². The quantitative estimate of drug-likeness (QED) is 0.845. The third kappa shape index (κ3) is 2.74. The number of carbonyl (C=O) groups excluding carboxylic acids is 1. The number of rotatable bonds is 4. The average molecular weight is 305 g/mol. The monoisotopic (exact) mass is 305 g/mol. The van der Waals surface area contributed by atoms with Gasteiger partial charge in [0.2, 0.25) is 5.91 Å². The molecule has 2 aromatic rings. The van der Waals surface area contributed by atoms with Gasteiger partial charge in [-0.25, -0.2) is 4.98 Å². The molecule has 3 heterocycles. The molecule has 1 fully saturated rings. The maximum absolute atomic E-state index is 12.3. The first-order chi connectivity index (χ1) is 10.6. The Bertz CT molecular complexity index is 745. The van der Waals surface area contributed by atoms with E-state index in [1.54, 1.807) is 7.05 Å². The van der Waals surface area contributed by atoms with Crippen LogP contribution in [0.15, 0.2) is 17.3 Å². The second kappa shape index (κ2) is 5.88. The van der Waals surface area contributed by atoms with E-state index in [-0.39, 0.29) is 30.2 Å². The smallest absolute Gasteiger partial charge is 0.264 e. The van der Waals surface area contributed by atoms with E-state index in [4.69, 9.17) is 4.74 Å². The largest absolute Gasteiger partial charge is 0.376 e. The van der Waals surface area contributed by atoms with Crippen LogP contribution >= 0.6 is 0 Å². The molecule has 0 bridgehead atoms. The fourth-order valence-electron chi connectivity index (χ4n) is 2.72. The molecule has 3 rings (SSSR count). The summed E-state index contributed by atoms with van der Waals surface area (Å²) < 4.78 is 8.36. The minimum absolute atomic E-state index is 0.0552. The molecule has 8 nitrogen and oxygen atoms in total. The number of nitrogens with one attached hydrogen (secondary N) is 1. The van der Waals surface area contributed by atoms with Crippen LogP contribution in [0.25, 0.3) is 11.0 Å². The van der Waals surface area contributed by atoms with Gasteiger partial charge < -0.3 is 10.1 Å². The Balaban J connectivity index is 1.71. The minimum atomic E-state index is -0.266. The molecule has 1 aliphatic rings. The van der Waals surface area contributed by atoms with Gasteiger partial charge in [0.05, 0.1) is 18.3 Å². The highest BCUT2D eigenvalue weighted by molar-refractivity contribution is 5.77. The Morgan fingerprint density at radius 3 is 3.14 bits per heavy atom. The number of hydrogen-bond acceptors (Lipinski definition) is 5.